The molecule has 0 radical (unpaired) electrons. The minimum absolute atomic E-state index is 0.0683. The largest absolute Gasteiger partial charge is 0.330 e. The summed E-state index contributed by atoms with van der Waals surface area (Å²) in [6.07, 6.45) is 0. The van der Waals surface area contributed by atoms with E-state index in [0.29, 0.717) is 6.54 Å². The number of aromatic nitrogens is 1. The Morgan fingerprint density at radius 3 is 2.53 bits per heavy atom. The van der Waals surface area contributed by atoms with Gasteiger partial charge >= 0.3 is 0 Å². The van der Waals surface area contributed by atoms with Crippen LogP contribution in [0.3, 0.4) is 0 Å². The second-order valence-corrected chi connectivity index (χ2v) is 5.93. The van der Waals surface area contributed by atoms with Crippen molar-refractivity contribution in [3.8, 4) is 10.6 Å². The highest BCUT2D eigenvalue weighted by atomic mass is 35.5. The van der Waals surface area contributed by atoms with Crippen molar-refractivity contribution >= 4 is 22.9 Å². The minimum Gasteiger partial charge on any atom is -0.330 e. The van der Waals surface area contributed by atoms with Crippen LogP contribution in [0.2, 0.25) is 5.02 Å². The lowest BCUT2D eigenvalue weighted by atomic mass is 9.90. The van der Waals surface area contributed by atoms with E-state index in [1.165, 1.54) is 0 Å². The average molecular weight is 267 g/mol. The molecule has 0 atom stereocenters. The van der Waals surface area contributed by atoms with Crippen LogP contribution in [0.15, 0.2) is 29.6 Å². The van der Waals surface area contributed by atoms with E-state index in [9.17, 15) is 0 Å². The molecule has 0 saturated heterocycles. The maximum atomic E-state index is 5.87. The van der Waals surface area contributed by atoms with Gasteiger partial charge in [-0.15, -0.1) is 11.3 Å². The minimum atomic E-state index is -0.0683. The van der Waals surface area contributed by atoms with Gasteiger partial charge in [-0.1, -0.05) is 37.6 Å². The maximum Gasteiger partial charge on any atom is 0.123 e. The summed E-state index contributed by atoms with van der Waals surface area (Å²) in [7, 11) is 0. The molecule has 4 heteroatoms. The van der Waals surface area contributed by atoms with Crippen molar-refractivity contribution in [3.05, 3.63) is 40.4 Å². The van der Waals surface area contributed by atoms with Crippen LogP contribution < -0.4 is 5.73 Å². The van der Waals surface area contributed by atoms with Gasteiger partial charge < -0.3 is 5.73 Å². The van der Waals surface area contributed by atoms with Gasteiger partial charge in [0.1, 0.15) is 5.01 Å². The first-order valence-electron chi connectivity index (χ1n) is 5.45. The van der Waals surface area contributed by atoms with E-state index >= 15 is 0 Å². The number of hydrogen-bond acceptors (Lipinski definition) is 3. The highest BCUT2D eigenvalue weighted by Gasteiger charge is 2.22. The number of nitrogens with zero attached hydrogens (tertiary/aromatic N) is 1. The molecule has 0 aliphatic rings. The number of rotatable bonds is 3. The van der Waals surface area contributed by atoms with E-state index < -0.39 is 0 Å². The van der Waals surface area contributed by atoms with Crippen molar-refractivity contribution in [3.63, 3.8) is 0 Å². The fraction of sp³-hybridized carbons (Fsp3) is 0.308. The summed E-state index contributed by atoms with van der Waals surface area (Å²) in [6.45, 7) is 4.80. The lowest BCUT2D eigenvalue weighted by Gasteiger charge is -2.19. The van der Waals surface area contributed by atoms with Gasteiger partial charge in [0, 0.05) is 27.9 Å². The van der Waals surface area contributed by atoms with Crippen LogP contribution in [0.1, 0.15) is 19.5 Å². The fourth-order valence-electron chi connectivity index (χ4n) is 1.41. The lowest BCUT2D eigenvalue weighted by Crippen LogP contribution is -2.28. The van der Waals surface area contributed by atoms with Crippen LogP contribution in [-0.4, -0.2) is 11.5 Å². The molecule has 17 heavy (non-hydrogen) atoms. The van der Waals surface area contributed by atoms with Crippen molar-refractivity contribution in [1.29, 1.82) is 0 Å². The summed E-state index contributed by atoms with van der Waals surface area (Å²) in [5.74, 6) is 0. The predicted octanol–water partition coefficient (Wildman–Crippen LogP) is 3.70. The molecular formula is C13H15ClN2S. The molecule has 1 aromatic carbocycles. The molecule has 2 N–H and O–H groups in total. The fourth-order valence-corrected chi connectivity index (χ4v) is 2.56. The van der Waals surface area contributed by atoms with Gasteiger partial charge in [0.05, 0.1) is 5.69 Å². The third-order valence-electron chi connectivity index (χ3n) is 2.80. The first kappa shape index (κ1) is 12.6. The highest BCUT2D eigenvalue weighted by Crippen LogP contribution is 2.30. The number of benzene rings is 1. The van der Waals surface area contributed by atoms with Gasteiger partial charge in [-0.25, -0.2) is 4.98 Å². The van der Waals surface area contributed by atoms with Crippen molar-refractivity contribution in [2.75, 3.05) is 6.54 Å². The molecule has 1 heterocycles. The van der Waals surface area contributed by atoms with Crippen molar-refractivity contribution in [2.45, 2.75) is 19.3 Å². The lowest BCUT2D eigenvalue weighted by molar-refractivity contribution is 0.525. The van der Waals surface area contributed by atoms with E-state index in [1.807, 2.05) is 24.3 Å². The molecule has 2 nitrogen and oxygen atoms in total. The topological polar surface area (TPSA) is 38.9 Å². The molecule has 1 aromatic heterocycles. The summed E-state index contributed by atoms with van der Waals surface area (Å²) in [5, 5.41) is 3.84. The second-order valence-electron chi connectivity index (χ2n) is 4.63. The molecule has 2 aromatic rings. The molecule has 0 spiro atoms. The smallest absolute Gasteiger partial charge is 0.123 e. The quantitative estimate of drug-likeness (QED) is 0.920. The molecule has 0 saturated carbocycles. The monoisotopic (exact) mass is 266 g/mol. The van der Waals surface area contributed by atoms with E-state index in [0.717, 1.165) is 21.3 Å². The van der Waals surface area contributed by atoms with Gasteiger partial charge in [0.15, 0.2) is 0 Å². The summed E-state index contributed by atoms with van der Waals surface area (Å²) >= 11 is 7.51. The molecule has 0 unspecified atom stereocenters. The summed E-state index contributed by atoms with van der Waals surface area (Å²) < 4.78 is 0. The van der Waals surface area contributed by atoms with Gasteiger partial charge in [0.2, 0.25) is 0 Å². The van der Waals surface area contributed by atoms with Crippen molar-refractivity contribution < 1.29 is 0 Å². The normalized spacial score (nSPS) is 11.8. The molecule has 0 aliphatic carbocycles. The molecule has 2 rings (SSSR count). The van der Waals surface area contributed by atoms with Gasteiger partial charge in [-0.05, 0) is 12.1 Å². The number of hydrogen-bond donors (Lipinski definition) is 1. The zero-order valence-corrected chi connectivity index (χ0v) is 11.5. The average Bonchev–Trinajstić information content (AvgIpc) is 2.80. The van der Waals surface area contributed by atoms with Crippen molar-refractivity contribution in [1.82, 2.24) is 4.98 Å². The Labute approximate surface area is 110 Å². The predicted molar refractivity (Wildman–Crippen MR) is 74.6 cm³/mol. The third-order valence-corrected chi connectivity index (χ3v) is 3.94. The first-order valence-corrected chi connectivity index (χ1v) is 6.71. The summed E-state index contributed by atoms with van der Waals surface area (Å²) in [5.41, 5.74) is 7.83. The first-order chi connectivity index (χ1) is 8.03. The number of halogens is 1. The SMILES string of the molecule is CC(C)(CN)c1csc(-c2ccc(Cl)cc2)n1. The Kier molecular flexibility index (Phi) is 3.52. The summed E-state index contributed by atoms with van der Waals surface area (Å²) in [4.78, 5) is 4.65. The van der Waals surface area contributed by atoms with Gasteiger partial charge in [0.25, 0.3) is 0 Å². The van der Waals surface area contributed by atoms with E-state index in [-0.39, 0.29) is 5.41 Å². The molecule has 0 fully saturated rings. The number of nitrogens with two attached hydrogens (primary N) is 1. The molecule has 0 bridgehead atoms. The zero-order valence-electron chi connectivity index (χ0n) is 9.90. The third kappa shape index (κ3) is 2.68. The zero-order chi connectivity index (χ0) is 12.5. The summed E-state index contributed by atoms with van der Waals surface area (Å²) in [6, 6.07) is 7.73. The van der Waals surface area contributed by atoms with Crippen LogP contribution in [-0.2, 0) is 5.41 Å². The Morgan fingerprint density at radius 1 is 1.29 bits per heavy atom. The Balaban J connectivity index is 2.33. The van der Waals surface area contributed by atoms with E-state index in [4.69, 9.17) is 17.3 Å². The van der Waals surface area contributed by atoms with Crippen LogP contribution >= 0.6 is 22.9 Å². The molecule has 0 aliphatic heterocycles. The van der Waals surface area contributed by atoms with Crippen molar-refractivity contribution in [2.24, 2.45) is 5.73 Å². The maximum absolute atomic E-state index is 5.87. The van der Waals surface area contributed by atoms with Gasteiger partial charge in [-0.3, -0.25) is 0 Å². The van der Waals surface area contributed by atoms with Gasteiger partial charge in [-0.2, -0.15) is 0 Å². The molecule has 90 valence electrons. The van der Waals surface area contributed by atoms with Crippen LogP contribution in [0, 0.1) is 0 Å². The van der Waals surface area contributed by atoms with E-state index in [2.05, 4.69) is 24.2 Å². The second kappa shape index (κ2) is 4.77. The Bertz CT molecular complexity index is 502. The standard InChI is InChI=1S/C13H15ClN2S/c1-13(2,8-15)11-7-17-12(16-11)9-3-5-10(14)6-4-9/h3-7H,8,15H2,1-2H3. The van der Waals surface area contributed by atoms with E-state index in [1.54, 1.807) is 11.3 Å². The highest BCUT2D eigenvalue weighted by molar-refractivity contribution is 7.13. The molecule has 0 amide bonds. The van der Waals surface area contributed by atoms with Crippen LogP contribution in [0.25, 0.3) is 10.6 Å². The number of thiazole rings is 1. The Hall–Kier alpha value is -0.900. The van der Waals surface area contributed by atoms with Crippen LogP contribution in [0.5, 0.6) is 0 Å². The Morgan fingerprint density at radius 2 is 1.94 bits per heavy atom. The van der Waals surface area contributed by atoms with Crippen LogP contribution in [0.4, 0.5) is 0 Å². The molecular weight excluding hydrogens is 252 g/mol.